The van der Waals surface area contributed by atoms with Crippen LogP contribution in [-0.2, 0) is 0 Å². The van der Waals surface area contributed by atoms with Crippen LogP contribution in [0.3, 0.4) is 0 Å². The number of hydrogen-bond donors (Lipinski definition) is 1. The summed E-state index contributed by atoms with van der Waals surface area (Å²) in [6.07, 6.45) is 4.75. The van der Waals surface area contributed by atoms with Crippen molar-refractivity contribution < 1.29 is 4.79 Å². The molecule has 0 saturated heterocycles. The number of nitrogens with two attached hydrogens (primary N) is 1. The average molecular weight is 184 g/mol. The molecule has 0 bridgehead atoms. The molecule has 0 aromatic heterocycles. The molecule has 3 nitrogen and oxygen atoms in total. The highest BCUT2D eigenvalue weighted by Crippen LogP contribution is 2.23. The fourth-order valence-corrected chi connectivity index (χ4v) is 2.03. The molecule has 0 atom stereocenters. The molecule has 2 amide bonds. The zero-order chi connectivity index (χ0) is 9.84. The molecule has 0 aromatic carbocycles. The maximum absolute atomic E-state index is 11.2. The second-order valence-electron chi connectivity index (χ2n) is 4.32. The van der Waals surface area contributed by atoms with Gasteiger partial charge in [0.2, 0.25) is 0 Å². The van der Waals surface area contributed by atoms with Crippen LogP contribution < -0.4 is 5.73 Å². The molecule has 1 aliphatic carbocycles. The quantitative estimate of drug-likeness (QED) is 0.716. The van der Waals surface area contributed by atoms with Crippen LogP contribution in [0.4, 0.5) is 4.79 Å². The first-order valence-corrected chi connectivity index (χ1v) is 5.17. The first-order chi connectivity index (χ1) is 6.11. The van der Waals surface area contributed by atoms with Gasteiger partial charge in [-0.2, -0.15) is 0 Å². The molecular weight excluding hydrogens is 164 g/mol. The predicted molar refractivity (Wildman–Crippen MR) is 53.4 cm³/mol. The van der Waals surface area contributed by atoms with Gasteiger partial charge in [0.25, 0.3) is 0 Å². The van der Waals surface area contributed by atoms with E-state index in [0.29, 0.717) is 12.0 Å². The smallest absolute Gasteiger partial charge is 0.315 e. The van der Waals surface area contributed by atoms with Crippen LogP contribution in [0.1, 0.15) is 39.5 Å². The minimum atomic E-state index is -0.249. The number of hydrogen-bond acceptors (Lipinski definition) is 1. The van der Waals surface area contributed by atoms with Crippen molar-refractivity contribution in [2.75, 3.05) is 6.54 Å². The highest BCUT2D eigenvalue weighted by atomic mass is 16.2. The Balaban J connectivity index is 2.50. The lowest BCUT2D eigenvalue weighted by Gasteiger charge is -2.28. The fourth-order valence-electron chi connectivity index (χ4n) is 2.03. The van der Waals surface area contributed by atoms with Gasteiger partial charge in [-0.25, -0.2) is 4.79 Å². The molecule has 13 heavy (non-hydrogen) atoms. The van der Waals surface area contributed by atoms with E-state index in [1.165, 1.54) is 12.8 Å². The van der Waals surface area contributed by atoms with Crippen molar-refractivity contribution >= 4 is 6.03 Å². The molecule has 0 spiro atoms. The van der Waals surface area contributed by atoms with E-state index in [2.05, 4.69) is 13.8 Å². The van der Waals surface area contributed by atoms with Gasteiger partial charge in [-0.15, -0.1) is 0 Å². The molecule has 0 radical (unpaired) electrons. The van der Waals surface area contributed by atoms with Crippen LogP contribution in [0.15, 0.2) is 0 Å². The lowest BCUT2D eigenvalue weighted by Crippen LogP contribution is -2.44. The Bertz CT molecular complexity index is 174. The van der Waals surface area contributed by atoms with Gasteiger partial charge in [-0.1, -0.05) is 26.7 Å². The summed E-state index contributed by atoms with van der Waals surface area (Å²) in [7, 11) is 0. The van der Waals surface area contributed by atoms with E-state index in [1.807, 2.05) is 4.90 Å². The van der Waals surface area contributed by atoms with Gasteiger partial charge < -0.3 is 10.6 Å². The molecule has 1 rings (SSSR count). The van der Waals surface area contributed by atoms with Crippen molar-refractivity contribution in [2.24, 2.45) is 11.7 Å². The van der Waals surface area contributed by atoms with Gasteiger partial charge in [-0.05, 0) is 18.8 Å². The summed E-state index contributed by atoms with van der Waals surface area (Å²) in [6, 6.07) is 0.167. The Hall–Kier alpha value is -0.730. The standard InChI is InChI=1S/C10H20N2O/c1-8(2)7-12(10(11)13)9-5-3-4-6-9/h8-9H,3-7H2,1-2H3,(H2,11,13). The molecule has 1 fully saturated rings. The Labute approximate surface area is 80.3 Å². The maximum Gasteiger partial charge on any atom is 0.315 e. The zero-order valence-corrected chi connectivity index (χ0v) is 8.62. The van der Waals surface area contributed by atoms with Crippen LogP contribution >= 0.6 is 0 Å². The average Bonchev–Trinajstić information content (AvgIpc) is 2.50. The molecule has 0 aromatic rings. The van der Waals surface area contributed by atoms with Gasteiger partial charge in [0.05, 0.1) is 0 Å². The number of primary amides is 1. The van der Waals surface area contributed by atoms with E-state index >= 15 is 0 Å². The van der Waals surface area contributed by atoms with Gasteiger partial charge in [0.15, 0.2) is 0 Å². The molecule has 1 saturated carbocycles. The van der Waals surface area contributed by atoms with Crippen LogP contribution in [0.5, 0.6) is 0 Å². The summed E-state index contributed by atoms with van der Waals surface area (Å²) in [4.78, 5) is 13.0. The van der Waals surface area contributed by atoms with Gasteiger partial charge in [0.1, 0.15) is 0 Å². The van der Waals surface area contributed by atoms with Gasteiger partial charge in [-0.3, -0.25) is 0 Å². The van der Waals surface area contributed by atoms with E-state index in [9.17, 15) is 4.79 Å². The lowest BCUT2D eigenvalue weighted by atomic mass is 10.1. The van der Waals surface area contributed by atoms with Crippen molar-refractivity contribution in [3.8, 4) is 0 Å². The summed E-state index contributed by atoms with van der Waals surface area (Å²) in [6.45, 7) is 5.04. The number of urea groups is 1. The van der Waals surface area contributed by atoms with Crippen molar-refractivity contribution in [3.63, 3.8) is 0 Å². The fraction of sp³-hybridized carbons (Fsp3) is 0.900. The molecule has 3 heteroatoms. The Morgan fingerprint density at radius 3 is 2.38 bits per heavy atom. The zero-order valence-electron chi connectivity index (χ0n) is 8.62. The number of carbonyl (C=O) groups is 1. The third-order valence-electron chi connectivity index (χ3n) is 2.61. The summed E-state index contributed by atoms with van der Waals surface area (Å²) in [5.41, 5.74) is 5.35. The first-order valence-electron chi connectivity index (χ1n) is 5.17. The van der Waals surface area contributed by atoms with Crippen LogP contribution in [0, 0.1) is 5.92 Å². The highest BCUT2D eigenvalue weighted by molar-refractivity contribution is 5.72. The van der Waals surface area contributed by atoms with Crippen LogP contribution in [0.25, 0.3) is 0 Å². The van der Waals surface area contributed by atoms with E-state index < -0.39 is 0 Å². The van der Waals surface area contributed by atoms with E-state index in [-0.39, 0.29) is 6.03 Å². The normalized spacial score (nSPS) is 18.1. The maximum atomic E-state index is 11.2. The molecule has 2 N–H and O–H groups in total. The SMILES string of the molecule is CC(C)CN(C(N)=O)C1CCCC1. The molecule has 1 aliphatic rings. The third-order valence-corrected chi connectivity index (χ3v) is 2.61. The van der Waals surface area contributed by atoms with E-state index in [0.717, 1.165) is 19.4 Å². The Kier molecular flexibility index (Phi) is 3.58. The topological polar surface area (TPSA) is 46.3 Å². The lowest BCUT2D eigenvalue weighted by molar-refractivity contribution is 0.175. The number of nitrogens with zero attached hydrogens (tertiary/aromatic N) is 1. The van der Waals surface area contributed by atoms with Crippen LogP contribution in [0.2, 0.25) is 0 Å². The summed E-state index contributed by atoms with van der Waals surface area (Å²) in [5.74, 6) is 0.507. The monoisotopic (exact) mass is 184 g/mol. The minimum absolute atomic E-state index is 0.249. The molecule has 0 heterocycles. The third kappa shape index (κ3) is 2.90. The summed E-state index contributed by atoms with van der Waals surface area (Å²) in [5, 5.41) is 0. The summed E-state index contributed by atoms with van der Waals surface area (Å²) < 4.78 is 0. The summed E-state index contributed by atoms with van der Waals surface area (Å²) >= 11 is 0. The molecule has 0 aliphatic heterocycles. The highest BCUT2D eigenvalue weighted by Gasteiger charge is 2.25. The van der Waals surface area contributed by atoms with Gasteiger partial charge >= 0.3 is 6.03 Å². The van der Waals surface area contributed by atoms with Gasteiger partial charge in [0, 0.05) is 12.6 Å². The minimum Gasteiger partial charge on any atom is -0.351 e. The van der Waals surface area contributed by atoms with Crippen molar-refractivity contribution in [2.45, 2.75) is 45.6 Å². The number of carbonyl (C=O) groups excluding carboxylic acids is 1. The molecular formula is C10H20N2O. The number of rotatable bonds is 3. The number of amides is 2. The Morgan fingerprint density at radius 2 is 2.00 bits per heavy atom. The molecule has 76 valence electrons. The largest absolute Gasteiger partial charge is 0.351 e. The van der Waals surface area contributed by atoms with Crippen LogP contribution in [-0.4, -0.2) is 23.5 Å². The van der Waals surface area contributed by atoms with Crippen molar-refractivity contribution in [3.05, 3.63) is 0 Å². The Morgan fingerprint density at radius 1 is 1.46 bits per heavy atom. The second-order valence-corrected chi connectivity index (χ2v) is 4.32. The predicted octanol–water partition coefficient (Wildman–Crippen LogP) is 1.97. The van der Waals surface area contributed by atoms with E-state index in [4.69, 9.17) is 5.73 Å². The van der Waals surface area contributed by atoms with Crippen molar-refractivity contribution in [1.29, 1.82) is 0 Å². The van der Waals surface area contributed by atoms with E-state index in [1.54, 1.807) is 0 Å². The second kappa shape index (κ2) is 4.49. The van der Waals surface area contributed by atoms with Crippen molar-refractivity contribution in [1.82, 2.24) is 4.90 Å². The molecule has 0 unspecified atom stereocenters. The first kappa shape index (κ1) is 10.4.